The van der Waals surface area contributed by atoms with Crippen LogP contribution in [0.25, 0.3) is 10.9 Å². The Balaban J connectivity index is 0.00000353. The number of carboxylic acids is 1. The van der Waals surface area contributed by atoms with Crippen molar-refractivity contribution in [1.29, 1.82) is 0 Å². The number of hydrogen-bond donors (Lipinski definition) is 4. The zero-order valence-electron chi connectivity index (χ0n) is 21.5. The first-order valence-corrected chi connectivity index (χ1v) is 13.2. The number of amides is 2. The summed E-state index contributed by atoms with van der Waals surface area (Å²) in [5.41, 5.74) is 8.17. The zero-order valence-corrected chi connectivity index (χ0v) is 22.3. The Morgan fingerprint density at radius 3 is 2.44 bits per heavy atom. The molecule has 2 fully saturated rings. The van der Waals surface area contributed by atoms with E-state index in [1.807, 2.05) is 30.3 Å². The van der Waals surface area contributed by atoms with Crippen LogP contribution in [0.2, 0.25) is 0 Å². The number of likely N-dealkylation sites (tertiary alicyclic amines) is 1. The number of aromatic carboxylic acids is 1. The Morgan fingerprint density at radius 1 is 1.05 bits per heavy atom. The number of carbonyl (C=O) groups excluding carboxylic acids is 2. The van der Waals surface area contributed by atoms with Gasteiger partial charge in [-0.05, 0) is 67.9 Å². The van der Waals surface area contributed by atoms with Crippen molar-refractivity contribution in [2.45, 2.75) is 50.1 Å². The van der Waals surface area contributed by atoms with Crippen molar-refractivity contribution in [1.82, 2.24) is 9.88 Å². The van der Waals surface area contributed by atoms with Gasteiger partial charge in [0.15, 0.2) is 0 Å². The third-order valence-electron chi connectivity index (χ3n) is 8.20. The van der Waals surface area contributed by atoms with E-state index in [-0.39, 0.29) is 47.7 Å². The molecule has 5 N–H and O–H groups in total. The number of alkyl halides is 1. The average molecular weight is 557 g/mol. The maximum atomic E-state index is 13.8. The number of aromatic nitrogens is 1. The summed E-state index contributed by atoms with van der Waals surface area (Å²) in [5.74, 6) is -1.61. The molecule has 1 aliphatic heterocycles. The number of halogens is 2. The molecule has 1 aromatic heterocycles. The molecule has 3 atom stereocenters. The summed E-state index contributed by atoms with van der Waals surface area (Å²) in [5, 5.41) is 12.9. The lowest BCUT2D eigenvalue weighted by Crippen LogP contribution is -2.48. The number of nitrogens with one attached hydrogen (secondary N) is 2. The van der Waals surface area contributed by atoms with Crippen molar-refractivity contribution < 1.29 is 23.9 Å². The molecule has 8 nitrogen and oxygen atoms in total. The van der Waals surface area contributed by atoms with E-state index in [1.165, 1.54) is 6.07 Å². The number of anilines is 1. The van der Waals surface area contributed by atoms with Gasteiger partial charge in [0, 0.05) is 41.0 Å². The molecular formula is C29H34ClFN4O4. The van der Waals surface area contributed by atoms with Gasteiger partial charge in [-0.2, -0.15) is 0 Å². The van der Waals surface area contributed by atoms with Gasteiger partial charge in [-0.15, -0.1) is 12.4 Å². The van der Waals surface area contributed by atoms with E-state index >= 15 is 0 Å². The van der Waals surface area contributed by atoms with Gasteiger partial charge >= 0.3 is 5.97 Å². The van der Waals surface area contributed by atoms with Crippen molar-refractivity contribution in [3.8, 4) is 0 Å². The van der Waals surface area contributed by atoms with Crippen molar-refractivity contribution in [2.24, 2.45) is 17.6 Å². The molecule has 5 rings (SSSR count). The first-order valence-electron chi connectivity index (χ1n) is 13.2. The minimum atomic E-state index is -1.06. The van der Waals surface area contributed by atoms with Crippen LogP contribution in [0.15, 0.2) is 54.6 Å². The third-order valence-corrected chi connectivity index (χ3v) is 8.20. The number of hydrogen-bond acceptors (Lipinski definition) is 4. The van der Waals surface area contributed by atoms with Crippen molar-refractivity contribution in [3.63, 3.8) is 0 Å². The highest BCUT2D eigenvalue weighted by molar-refractivity contribution is 6.01. The second-order valence-corrected chi connectivity index (χ2v) is 10.5. The van der Waals surface area contributed by atoms with Gasteiger partial charge < -0.3 is 26.0 Å². The molecule has 39 heavy (non-hydrogen) atoms. The van der Waals surface area contributed by atoms with Crippen LogP contribution in [-0.4, -0.2) is 58.1 Å². The first-order chi connectivity index (χ1) is 18.4. The number of H-pyrrole nitrogens is 1. The van der Waals surface area contributed by atoms with Gasteiger partial charge in [-0.1, -0.05) is 30.3 Å². The second-order valence-electron chi connectivity index (χ2n) is 10.5. The van der Waals surface area contributed by atoms with E-state index < -0.39 is 24.7 Å². The molecule has 2 aromatic carbocycles. The molecule has 0 bridgehead atoms. The largest absolute Gasteiger partial charge is 0.477 e. The molecule has 2 heterocycles. The Bertz CT molecular complexity index is 1330. The molecule has 10 heteroatoms. The molecule has 3 aromatic rings. The first kappa shape index (κ1) is 28.6. The maximum absolute atomic E-state index is 13.8. The topological polar surface area (TPSA) is 129 Å². The van der Waals surface area contributed by atoms with Gasteiger partial charge in [-0.25, -0.2) is 9.18 Å². The summed E-state index contributed by atoms with van der Waals surface area (Å²) in [6.07, 6.45) is 3.39. The molecule has 2 amide bonds. The monoisotopic (exact) mass is 556 g/mol. The lowest BCUT2D eigenvalue weighted by Gasteiger charge is -2.35. The molecule has 0 unspecified atom stereocenters. The van der Waals surface area contributed by atoms with Crippen molar-refractivity contribution in [3.05, 3.63) is 65.9 Å². The normalized spacial score (nSPS) is 23.7. The Labute approximate surface area is 232 Å². The van der Waals surface area contributed by atoms with Crippen LogP contribution in [0.5, 0.6) is 0 Å². The van der Waals surface area contributed by atoms with Crippen LogP contribution in [0, 0.1) is 11.8 Å². The number of aromatic amines is 1. The van der Waals surface area contributed by atoms with Crippen LogP contribution >= 0.6 is 12.4 Å². The fourth-order valence-electron chi connectivity index (χ4n) is 6.11. The summed E-state index contributed by atoms with van der Waals surface area (Å²) in [6.45, 7) is -0.0677. The standard InChI is InChI=1S/C29H33FN4O4.ClH/c30-16-23(31)18-6-8-19(9-7-18)28(36)34-13-12-22(17-4-2-1-3-5-17)26(34)27(35)32-21-10-11-24-20(14-21)15-25(33-24)29(37)38;/h1-5,10-11,14-15,18-19,22-23,26,33H,6-9,12-13,16,31H2,(H,32,35)(H,37,38);1H/t18-,19-,22-,23+,26-;/m0./s1. The lowest BCUT2D eigenvalue weighted by molar-refractivity contribution is -0.141. The van der Waals surface area contributed by atoms with Crippen molar-refractivity contribution >= 4 is 46.8 Å². The third kappa shape index (κ3) is 5.94. The molecule has 1 aliphatic carbocycles. The summed E-state index contributed by atoms with van der Waals surface area (Å²) in [7, 11) is 0. The second kappa shape index (κ2) is 12.2. The van der Waals surface area contributed by atoms with Crippen LogP contribution < -0.4 is 11.1 Å². The number of nitrogens with zero attached hydrogens (tertiary/aromatic N) is 1. The molecule has 0 spiro atoms. The number of nitrogens with two attached hydrogens (primary N) is 1. The number of rotatable bonds is 7. The summed E-state index contributed by atoms with van der Waals surface area (Å²) < 4.78 is 13.0. The predicted octanol–water partition coefficient (Wildman–Crippen LogP) is 4.71. The van der Waals surface area contributed by atoms with E-state index in [0.29, 0.717) is 55.2 Å². The lowest BCUT2D eigenvalue weighted by atomic mass is 9.78. The molecule has 1 saturated heterocycles. The van der Waals surface area contributed by atoms with E-state index in [9.17, 15) is 23.9 Å². The fraction of sp³-hybridized carbons (Fsp3) is 0.414. The molecule has 0 radical (unpaired) electrons. The average Bonchev–Trinajstić information content (AvgIpc) is 3.58. The van der Waals surface area contributed by atoms with Crippen LogP contribution in [-0.2, 0) is 9.59 Å². The highest BCUT2D eigenvalue weighted by Crippen LogP contribution is 2.38. The Kier molecular flexibility index (Phi) is 8.92. The number of fused-ring (bicyclic) bond motifs is 1. The number of carbonyl (C=O) groups is 3. The minimum Gasteiger partial charge on any atom is -0.477 e. The SMILES string of the molecule is Cl.N[C@H](CF)[C@H]1CC[C@H](C(=O)N2CC[C@@H](c3ccccc3)[C@H]2C(=O)Nc2ccc3[nH]c(C(=O)O)cc3c2)CC1. The number of carboxylic acid groups (broad SMARTS) is 1. The van der Waals surface area contributed by atoms with Gasteiger partial charge in [0.1, 0.15) is 18.4 Å². The minimum absolute atomic E-state index is 0. The predicted molar refractivity (Wildman–Crippen MR) is 150 cm³/mol. The van der Waals surface area contributed by atoms with Crippen LogP contribution in [0.4, 0.5) is 10.1 Å². The van der Waals surface area contributed by atoms with Gasteiger partial charge in [-0.3, -0.25) is 9.59 Å². The van der Waals surface area contributed by atoms with Gasteiger partial charge in [0.25, 0.3) is 0 Å². The maximum Gasteiger partial charge on any atom is 0.352 e. The highest BCUT2D eigenvalue weighted by atomic mass is 35.5. The van der Waals surface area contributed by atoms with E-state index in [4.69, 9.17) is 5.73 Å². The summed E-state index contributed by atoms with van der Waals surface area (Å²) >= 11 is 0. The molecule has 208 valence electrons. The number of benzene rings is 2. The Morgan fingerprint density at radius 2 is 1.77 bits per heavy atom. The smallest absolute Gasteiger partial charge is 0.352 e. The van der Waals surface area contributed by atoms with E-state index in [0.717, 1.165) is 5.56 Å². The van der Waals surface area contributed by atoms with Gasteiger partial charge in [0.2, 0.25) is 11.8 Å². The van der Waals surface area contributed by atoms with Gasteiger partial charge in [0.05, 0.1) is 0 Å². The quantitative estimate of drug-likeness (QED) is 0.335. The van der Waals surface area contributed by atoms with Crippen molar-refractivity contribution in [2.75, 3.05) is 18.5 Å². The summed E-state index contributed by atoms with van der Waals surface area (Å²) in [6, 6.07) is 15.3. The highest BCUT2D eigenvalue weighted by Gasteiger charge is 2.44. The van der Waals surface area contributed by atoms with E-state index in [1.54, 1.807) is 23.1 Å². The zero-order chi connectivity index (χ0) is 26.8. The molecule has 1 saturated carbocycles. The summed E-state index contributed by atoms with van der Waals surface area (Å²) in [4.78, 5) is 43.4. The Hall–Kier alpha value is -3.43. The van der Waals surface area contributed by atoms with Crippen LogP contribution in [0.3, 0.4) is 0 Å². The fourth-order valence-corrected chi connectivity index (χ4v) is 6.11. The van der Waals surface area contributed by atoms with E-state index in [2.05, 4.69) is 10.3 Å². The van der Waals surface area contributed by atoms with Crippen LogP contribution in [0.1, 0.15) is 54.1 Å². The molecule has 2 aliphatic rings. The molecular weight excluding hydrogens is 523 g/mol.